The highest BCUT2D eigenvalue weighted by molar-refractivity contribution is 7.98. The van der Waals surface area contributed by atoms with E-state index in [9.17, 15) is 14.7 Å². The second kappa shape index (κ2) is 8.32. The first-order valence-electron chi connectivity index (χ1n) is 10.1. The number of para-hydroxylation sites is 1. The first-order valence-corrected chi connectivity index (χ1v) is 11.0. The third-order valence-corrected chi connectivity index (χ3v) is 6.31. The zero-order valence-corrected chi connectivity index (χ0v) is 17.8. The zero-order valence-electron chi connectivity index (χ0n) is 16.9. The Hall–Kier alpha value is -3.90. The van der Waals surface area contributed by atoms with E-state index in [-0.39, 0.29) is 11.1 Å². The van der Waals surface area contributed by atoms with Crippen LogP contribution >= 0.6 is 11.8 Å². The Labute approximate surface area is 188 Å². The summed E-state index contributed by atoms with van der Waals surface area (Å²) in [6.07, 6.45) is 0. The van der Waals surface area contributed by atoms with Crippen LogP contribution < -0.4 is 5.56 Å². The molecule has 5 rings (SSSR count). The number of carboxylic acid groups (broad SMARTS) is 1. The number of nitrogens with zero attached hydrogens (tertiary/aromatic N) is 2. The van der Waals surface area contributed by atoms with Crippen LogP contribution in [0.4, 0.5) is 0 Å². The van der Waals surface area contributed by atoms with Crippen LogP contribution in [0.25, 0.3) is 27.4 Å². The summed E-state index contributed by atoms with van der Waals surface area (Å²) in [7, 11) is 0. The number of aromatic carboxylic acids is 1. The minimum Gasteiger partial charge on any atom is -0.478 e. The maximum Gasteiger partial charge on any atom is 0.335 e. The van der Waals surface area contributed by atoms with Crippen LogP contribution in [0.2, 0.25) is 0 Å². The van der Waals surface area contributed by atoms with Gasteiger partial charge in [-0.3, -0.25) is 9.36 Å². The first-order chi connectivity index (χ1) is 15.6. The summed E-state index contributed by atoms with van der Waals surface area (Å²) in [5.41, 5.74) is 2.33. The van der Waals surface area contributed by atoms with Crippen molar-refractivity contribution >= 4 is 39.4 Å². The fourth-order valence-corrected chi connectivity index (χ4v) is 4.62. The number of fused-ring (bicyclic) bond motifs is 2. The Morgan fingerprint density at radius 2 is 1.59 bits per heavy atom. The average molecular weight is 439 g/mol. The van der Waals surface area contributed by atoms with E-state index < -0.39 is 5.97 Å². The third kappa shape index (κ3) is 3.76. The Morgan fingerprint density at radius 1 is 0.875 bits per heavy atom. The molecule has 0 saturated carbocycles. The number of aromatic nitrogens is 2. The molecule has 156 valence electrons. The van der Waals surface area contributed by atoms with E-state index in [4.69, 9.17) is 4.98 Å². The number of hydrogen-bond acceptors (Lipinski definition) is 4. The second-order valence-corrected chi connectivity index (χ2v) is 8.32. The summed E-state index contributed by atoms with van der Waals surface area (Å²) in [4.78, 5) is 29.3. The van der Waals surface area contributed by atoms with Gasteiger partial charge in [-0.15, -0.1) is 0 Å². The molecule has 32 heavy (non-hydrogen) atoms. The molecule has 6 heteroatoms. The Morgan fingerprint density at radius 3 is 2.38 bits per heavy atom. The van der Waals surface area contributed by atoms with Crippen LogP contribution in [0, 0.1) is 0 Å². The molecule has 0 unspecified atom stereocenters. The zero-order chi connectivity index (χ0) is 22.1. The van der Waals surface area contributed by atoms with Gasteiger partial charge in [-0.05, 0) is 52.7 Å². The number of thioether (sulfide) groups is 1. The van der Waals surface area contributed by atoms with Gasteiger partial charge in [0.15, 0.2) is 5.16 Å². The molecule has 0 radical (unpaired) electrons. The highest BCUT2D eigenvalue weighted by atomic mass is 32.2. The van der Waals surface area contributed by atoms with Crippen molar-refractivity contribution in [2.24, 2.45) is 0 Å². The molecule has 1 N–H and O–H groups in total. The van der Waals surface area contributed by atoms with Crippen LogP contribution in [0.5, 0.6) is 0 Å². The monoisotopic (exact) mass is 438 g/mol. The molecule has 5 aromatic rings. The lowest BCUT2D eigenvalue weighted by Gasteiger charge is -2.13. The molecule has 0 fully saturated rings. The molecule has 0 bridgehead atoms. The summed E-state index contributed by atoms with van der Waals surface area (Å²) in [6, 6.07) is 28.0. The lowest BCUT2D eigenvalue weighted by molar-refractivity contribution is 0.0697. The van der Waals surface area contributed by atoms with Gasteiger partial charge in [0.25, 0.3) is 5.56 Å². The number of carboxylic acids is 1. The normalized spacial score (nSPS) is 11.1. The lowest BCUT2D eigenvalue weighted by Crippen LogP contribution is -2.21. The molecule has 5 nitrogen and oxygen atoms in total. The number of rotatable bonds is 5. The molecule has 0 aliphatic rings. The highest BCUT2D eigenvalue weighted by Crippen LogP contribution is 2.26. The molecule has 1 aromatic heterocycles. The standard InChI is InChI=1S/C26H18N2O3S/c29-24-22-7-3-4-8-23(22)27-26(28(24)21-13-11-19(12-14-21)25(30)31)32-16-17-9-10-18-5-1-2-6-20(18)15-17/h1-15H,16H2,(H,30,31). The minimum absolute atomic E-state index is 0.168. The molecule has 0 amide bonds. The van der Waals surface area contributed by atoms with E-state index >= 15 is 0 Å². The lowest BCUT2D eigenvalue weighted by atomic mass is 10.1. The number of carbonyl (C=O) groups is 1. The van der Waals surface area contributed by atoms with E-state index in [1.165, 1.54) is 34.7 Å². The summed E-state index contributed by atoms with van der Waals surface area (Å²) >= 11 is 1.48. The second-order valence-electron chi connectivity index (χ2n) is 7.37. The van der Waals surface area contributed by atoms with Crippen molar-refractivity contribution < 1.29 is 9.90 Å². The van der Waals surface area contributed by atoms with E-state index in [1.54, 1.807) is 22.8 Å². The summed E-state index contributed by atoms with van der Waals surface area (Å²) in [5, 5.41) is 12.6. The maximum absolute atomic E-state index is 13.3. The van der Waals surface area contributed by atoms with Gasteiger partial charge in [-0.2, -0.15) is 0 Å². The fraction of sp³-hybridized carbons (Fsp3) is 0.0385. The molecular formula is C26H18N2O3S. The van der Waals surface area contributed by atoms with Gasteiger partial charge in [0.05, 0.1) is 22.2 Å². The number of benzene rings is 4. The molecule has 4 aromatic carbocycles. The van der Waals surface area contributed by atoms with Gasteiger partial charge >= 0.3 is 5.97 Å². The average Bonchev–Trinajstić information content (AvgIpc) is 2.83. The van der Waals surface area contributed by atoms with Gasteiger partial charge in [0, 0.05) is 5.75 Å². The van der Waals surface area contributed by atoms with Crippen molar-refractivity contribution in [3.8, 4) is 5.69 Å². The van der Waals surface area contributed by atoms with Gasteiger partial charge in [0.1, 0.15) is 0 Å². The van der Waals surface area contributed by atoms with Gasteiger partial charge in [0.2, 0.25) is 0 Å². The Bertz CT molecular complexity index is 1520. The van der Waals surface area contributed by atoms with Crippen molar-refractivity contribution in [1.82, 2.24) is 9.55 Å². The van der Waals surface area contributed by atoms with Crippen LogP contribution in [-0.4, -0.2) is 20.6 Å². The van der Waals surface area contributed by atoms with E-state index in [1.807, 2.05) is 30.3 Å². The summed E-state index contributed by atoms with van der Waals surface area (Å²) in [6.45, 7) is 0. The van der Waals surface area contributed by atoms with Crippen molar-refractivity contribution in [1.29, 1.82) is 0 Å². The fourth-order valence-electron chi connectivity index (χ4n) is 3.67. The predicted octanol–water partition coefficient (Wildman–Crippen LogP) is 5.53. The molecule has 0 aliphatic heterocycles. The topological polar surface area (TPSA) is 72.2 Å². The predicted molar refractivity (Wildman–Crippen MR) is 128 cm³/mol. The van der Waals surface area contributed by atoms with Crippen molar-refractivity contribution in [3.63, 3.8) is 0 Å². The third-order valence-electron chi connectivity index (χ3n) is 5.30. The molecule has 1 heterocycles. The Balaban J connectivity index is 1.58. The maximum atomic E-state index is 13.3. The molecule has 0 saturated heterocycles. The van der Waals surface area contributed by atoms with Crippen LogP contribution in [0.1, 0.15) is 15.9 Å². The summed E-state index contributed by atoms with van der Waals surface area (Å²) < 4.78 is 1.56. The largest absolute Gasteiger partial charge is 0.478 e. The number of hydrogen-bond donors (Lipinski definition) is 1. The van der Waals surface area contributed by atoms with Gasteiger partial charge in [-0.25, -0.2) is 9.78 Å². The summed E-state index contributed by atoms with van der Waals surface area (Å²) in [5.74, 6) is -0.366. The van der Waals surface area contributed by atoms with Crippen molar-refractivity contribution in [2.45, 2.75) is 10.9 Å². The molecular weight excluding hydrogens is 420 g/mol. The van der Waals surface area contributed by atoms with Gasteiger partial charge in [-0.1, -0.05) is 66.4 Å². The molecule has 0 atom stereocenters. The Kier molecular flexibility index (Phi) is 5.21. The van der Waals surface area contributed by atoms with Crippen molar-refractivity contribution in [3.05, 3.63) is 112 Å². The molecule has 0 aliphatic carbocycles. The first kappa shape index (κ1) is 20.0. The van der Waals surface area contributed by atoms with E-state index in [0.29, 0.717) is 27.5 Å². The van der Waals surface area contributed by atoms with Crippen LogP contribution in [-0.2, 0) is 5.75 Å². The quantitative estimate of drug-likeness (QED) is 0.289. The van der Waals surface area contributed by atoms with E-state index in [2.05, 4.69) is 30.3 Å². The van der Waals surface area contributed by atoms with Crippen LogP contribution in [0.15, 0.2) is 101 Å². The molecule has 0 spiro atoms. The van der Waals surface area contributed by atoms with E-state index in [0.717, 1.165) is 5.56 Å². The van der Waals surface area contributed by atoms with Crippen LogP contribution in [0.3, 0.4) is 0 Å². The van der Waals surface area contributed by atoms with Crippen molar-refractivity contribution in [2.75, 3.05) is 0 Å². The minimum atomic E-state index is -1.01. The highest BCUT2D eigenvalue weighted by Gasteiger charge is 2.14. The smallest absolute Gasteiger partial charge is 0.335 e. The SMILES string of the molecule is O=C(O)c1ccc(-n2c(SCc3ccc4ccccc4c3)nc3ccccc3c2=O)cc1. The van der Waals surface area contributed by atoms with Gasteiger partial charge < -0.3 is 5.11 Å².